The van der Waals surface area contributed by atoms with E-state index < -0.39 is 12.1 Å². The summed E-state index contributed by atoms with van der Waals surface area (Å²) in [6.07, 6.45) is 0.418. The Balaban J connectivity index is 1.58. The van der Waals surface area contributed by atoms with Crippen LogP contribution in [0.3, 0.4) is 0 Å². The van der Waals surface area contributed by atoms with E-state index in [1.807, 2.05) is 50.2 Å². The lowest BCUT2D eigenvalue weighted by Crippen LogP contribution is -2.50. The third-order valence-corrected chi connectivity index (χ3v) is 5.73. The van der Waals surface area contributed by atoms with E-state index in [0.29, 0.717) is 12.2 Å². The number of nitrogens with one attached hydrogen (secondary N) is 3. The Morgan fingerprint density at radius 1 is 0.970 bits per heavy atom. The molecule has 1 heterocycles. The van der Waals surface area contributed by atoms with Crippen LogP contribution in [0.25, 0.3) is 0 Å². The molecule has 178 valence electrons. The minimum absolute atomic E-state index is 0.0573. The first-order valence-electron chi connectivity index (χ1n) is 11.7. The molecule has 3 N–H and O–H groups in total. The van der Waals surface area contributed by atoms with Gasteiger partial charge in [0.15, 0.2) is 0 Å². The minimum Gasteiger partial charge on any atom is -0.373 e. The van der Waals surface area contributed by atoms with Crippen molar-refractivity contribution in [3.63, 3.8) is 0 Å². The number of morpholine rings is 1. The van der Waals surface area contributed by atoms with Crippen LogP contribution in [-0.2, 0) is 22.6 Å². The number of hydrogen-bond acceptors (Lipinski definition) is 4. The number of amides is 3. The molecule has 0 bridgehead atoms. The fraction of sp³-hybridized carbons (Fsp3) is 0.462. The van der Waals surface area contributed by atoms with Crippen molar-refractivity contribution in [2.24, 2.45) is 5.92 Å². The lowest BCUT2D eigenvalue weighted by molar-refractivity contribution is -0.124. The summed E-state index contributed by atoms with van der Waals surface area (Å²) in [4.78, 5) is 27.8. The third kappa shape index (κ3) is 7.58. The number of carbonyl (C=O) groups excluding carboxylic acids is 2. The molecule has 33 heavy (non-hydrogen) atoms. The largest absolute Gasteiger partial charge is 0.373 e. The van der Waals surface area contributed by atoms with Crippen LogP contribution in [0.4, 0.5) is 10.5 Å². The lowest BCUT2D eigenvalue weighted by atomic mass is 10.0. The molecule has 0 saturated carbocycles. The Bertz CT molecular complexity index is 909. The van der Waals surface area contributed by atoms with E-state index in [1.165, 1.54) is 5.56 Å². The summed E-state index contributed by atoms with van der Waals surface area (Å²) < 4.78 is 5.84. The molecule has 1 aliphatic heterocycles. The van der Waals surface area contributed by atoms with Gasteiger partial charge in [-0.15, -0.1) is 0 Å². The molecule has 0 radical (unpaired) electrons. The molecule has 1 aliphatic rings. The van der Waals surface area contributed by atoms with Gasteiger partial charge >= 0.3 is 6.03 Å². The van der Waals surface area contributed by atoms with Crippen LogP contribution in [0, 0.1) is 5.92 Å². The topological polar surface area (TPSA) is 82.7 Å². The van der Waals surface area contributed by atoms with Crippen LogP contribution >= 0.6 is 0 Å². The maximum Gasteiger partial charge on any atom is 0.319 e. The monoisotopic (exact) mass is 452 g/mol. The van der Waals surface area contributed by atoms with Gasteiger partial charge in [-0.2, -0.15) is 0 Å². The number of ether oxygens (including phenoxy) is 1. The second-order valence-electron chi connectivity index (χ2n) is 9.12. The van der Waals surface area contributed by atoms with Crippen molar-refractivity contribution in [1.82, 2.24) is 15.5 Å². The highest BCUT2D eigenvalue weighted by Crippen LogP contribution is 2.17. The van der Waals surface area contributed by atoms with Crippen molar-refractivity contribution in [3.05, 3.63) is 65.7 Å². The van der Waals surface area contributed by atoms with Crippen molar-refractivity contribution in [3.8, 4) is 0 Å². The van der Waals surface area contributed by atoms with Gasteiger partial charge in [-0.3, -0.25) is 9.69 Å². The fourth-order valence-electron chi connectivity index (χ4n) is 4.20. The Hall–Kier alpha value is -2.90. The third-order valence-electron chi connectivity index (χ3n) is 5.73. The van der Waals surface area contributed by atoms with Crippen molar-refractivity contribution in [2.75, 3.05) is 18.4 Å². The van der Waals surface area contributed by atoms with Crippen LogP contribution < -0.4 is 16.0 Å². The van der Waals surface area contributed by atoms with Gasteiger partial charge in [-0.05, 0) is 43.0 Å². The van der Waals surface area contributed by atoms with Gasteiger partial charge in [0, 0.05) is 31.9 Å². The zero-order valence-corrected chi connectivity index (χ0v) is 20.0. The number of rotatable bonds is 8. The number of carbonyl (C=O) groups is 2. The quantitative estimate of drug-likeness (QED) is 0.570. The predicted octanol–water partition coefficient (Wildman–Crippen LogP) is 3.76. The molecular formula is C26H36N4O3. The molecule has 7 heteroatoms. The number of para-hydroxylation sites is 1. The number of urea groups is 1. The van der Waals surface area contributed by atoms with E-state index in [1.54, 1.807) is 12.1 Å². The van der Waals surface area contributed by atoms with Gasteiger partial charge in [0.25, 0.3) is 0 Å². The highest BCUT2D eigenvalue weighted by atomic mass is 16.5. The number of nitrogens with zero attached hydrogens (tertiary/aromatic N) is 1. The average Bonchev–Trinajstić information content (AvgIpc) is 2.76. The van der Waals surface area contributed by atoms with E-state index in [0.717, 1.165) is 25.2 Å². The van der Waals surface area contributed by atoms with Crippen molar-refractivity contribution < 1.29 is 14.3 Å². The standard InChI is InChI=1S/C26H36N4O3/c1-18(2)24(29-26(32)28-23-12-6-5-7-13-23)25(31)27-14-21-10-8-9-11-22(21)17-30-15-19(3)33-20(4)16-30/h5-13,18-20,24H,14-17H2,1-4H3,(H,27,31)(H2,28,29,32). The highest BCUT2D eigenvalue weighted by molar-refractivity contribution is 5.93. The van der Waals surface area contributed by atoms with Crippen LogP contribution in [0.1, 0.15) is 38.8 Å². The second-order valence-corrected chi connectivity index (χ2v) is 9.12. The molecule has 3 rings (SSSR count). The zero-order chi connectivity index (χ0) is 23.8. The maximum absolute atomic E-state index is 13.0. The smallest absolute Gasteiger partial charge is 0.319 e. The van der Waals surface area contributed by atoms with Crippen molar-refractivity contribution >= 4 is 17.6 Å². The first-order chi connectivity index (χ1) is 15.8. The molecule has 1 fully saturated rings. The van der Waals surface area contributed by atoms with E-state index in [4.69, 9.17) is 4.74 Å². The van der Waals surface area contributed by atoms with Gasteiger partial charge in [-0.25, -0.2) is 4.79 Å². The fourth-order valence-corrected chi connectivity index (χ4v) is 4.20. The molecule has 3 amide bonds. The van der Waals surface area contributed by atoms with Gasteiger partial charge in [0.05, 0.1) is 12.2 Å². The van der Waals surface area contributed by atoms with E-state index >= 15 is 0 Å². The first-order valence-corrected chi connectivity index (χ1v) is 11.7. The van der Waals surface area contributed by atoms with Crippen molar-refractivity contribution in [2.45, 2.75) is 59.0 Å². The molecule has 2 aromatic rings. The summed E-state index contributed by atoms with van der Waals surface area (Å²) in [5.41, 5.74) is 2.95. The van der Waals surface area contributed by atoms with Crippen molar-refractivity contribution in [1.29, 1.82) is 0 Å². The molecular weight excluding hydrogens is 416 g/mol. The molecule has 1 saturated heterocycles. The predicted molar refractivity (Wildman–Crippen MR) is 131 cm³/mol. The Morgan fingerprint density at radius 2 is 1.58 bits per heavy atom. The number of anilines is 1. The normalized spacial score (nSPS) is 19.7. The highest BCUT2D eigenvalue weighted by Gasteiger charge is 2.25. The second kappa shape index (κ2) is 11.8. The number of benzene rings is 2. The minimum atomic E-state index is -0.637. The molecule has 0 aromatic heterocycles. The van der Waals surface area contributed by atoms with Crippen LogP contribution in [0.5, 0.6) is 0 Å². The Labute approximate surface area is 196 Å². The molecule has 3 atom stereocenters. The summed E-state index contributed by atoms with van der Waals surface area (Å²) in [5, 5.41) is 8.60. The Morgan fingerprint density at radius 3 is 2.21 bits per heavy atom. The molecule has 7 nitrogen and oxygen atoms in total. The summed E-state index contributed by atoms with van der Waals surface area (Å²) >= 11 is 0. The summed E-state index contributed by atoms with van der Waals surface area (Å²) in [6.45, 7) is 11.0. The van der Waals surface area contributed by atoms with E-state index in [9.17, 15) is 9.59 Å². The first kappa shape index (κ1) is 24.7. The van der Waals surface area contributed by atoms with Gasteiger partial charge in [0.2, 0.25) is 5.91 Å². The van der Waals surface area contributed by atoms with Crippen LogP contribution in [-0.4, -0.2) is 48.2 Å². The summed E-state index contributed by atoms with van der Waals surface area (Å²) in [6, 6.07) is 16.3. The zero-order valence-electron chi connectivity index (χ0n) is 20.0. The van der Waals surface area contributed by atoms with Crippen LogP contribution in [0.15, 0.2) is 54.6 Å². The molecule has 0 spiro atoms. The molecule has 2 aromatic carbocycles. The van der Waals surface area contributed by atoms with E-state index in [2.05, 4.69) is 40.8 Å². The summed E-state index contributed by atoms with van der Waals surface area (Å²) in [7, 11) is 0. The van der Waals surface area contributed by atoms with Gasteiger partial charge < -0.3 is 20.7 Å². The van der Waals surface area contributed by atoms with E-state index in [-0.39, 0.29) is 24.0 Å². The SMILES string of the molecule is CC1CN(Cc2ccccc2CNC(=O)C(NC(=O)Nc2ccccc2)C(C)C)CC(C)O1. The lowest BCUT2D eigenvalue weighted by Gasteiger charge is -2.35. The maximum atomic E-state index is 13.0. The molecule has 0 aliphatic carbocycles. The molecule has 3 unspecified atom stereocenters. The number of hydrogen-bond donors (Lipinski definition) is 3. The van der Waals surface area contributed by atoms with Crippen LogP contribution in [0.2, 0.25) is 0 Å². The summed E-state index contributed by atoms with van der Waals surface area (Å²) in [5.74, 6) is -0.255. The van der Waals surface area contributed by atoms with Gasteiger partial charge in [0.1, 0.15) is 6.04 Å². The Kier molecular flexibility index (Phi) is 8.86. The van der Waals surface area contributed by atoms with Gasteiger partial charge in [-0.1, -0.05) is 56.3 Å². The average molecular weight is 453 g/mol.